The molecule has 1 rings (SSSR count). The van der Waals surface area contributed by atoms with Crippen molar-refractivity contribution in [2.75, 3.05) is 6.73 Å². The Hall–Kier alpha value is -1.51. The molecule has 1 aromatic rings. The summed E-state index contributed by atoms with van der Waals surface area (Å²) in [5.41, 5.74) is 0. The van der Waals surface area contributed by atoms with E-state index < -0.39 is 0 Å². The van der Waals surface area contributed by atoms with Crippen molar-refractivity contribution in [2.45, 2.75) is 0 Å². The molecule has 1 amide bonds. The van der Waals surface area contributed by atoms with Gasteiger partial charge in [-0.15, -0.1) is 0 Å². The average Bonchev–Trinajstić information content (AvgIpc) is 2.07. The van der Waals surface area contributed by atoms with Crippen LogP contribution in [0.1, 0.15) is 0 Å². The molecular weight excluding hydrogens is 142 g/mol. The largest absolute Gasteiger partial charge is 0.473 e. The van der Waals surface area contributed by atoms with Crippen LogP contribution in [0.25, 0.3) is 0 Å². The number of benzene rings is 1. The molecule has 0 spiro atoms. The maximum absolute atomic E-state index is 9.80. The molecule has 0 aliphatic carbocycles. The maximum atomic E-state index is 9.80. The number of carbonyl (C=O) groups is 1. The van der Waals surface area contributed by atoms with Crippen molar-refractivity contribution in [1.82, 2.24) is 5.32 Å². The van der Waals surface area contributed by atoms with Gasteiger partial charge in [0.1, 0.15) is 5.75 Å². The smallest absolute Gasteiger partial charge is 0.209 e. The van der Waals surface area contributed by atoms with Crippen LogP contribution in [-0.2, 0) is 4.79 Å². The molecular formula is C8H8NO2. The Morgan fingerprint density at radius 3 is 2.91 bits per heavy atom. The van der Waals surface area contributed by atoms with Gasteiger partial charge in [-0.05, 0) is 18.2 Å². The van der Waals surface area contributed by atoms with Crippen LogP contribution in [0.3, 0.4) is 0 Å². The van der Waals surface area contributed by atoms with Crippen molar-refractivity contribution < 1.29 is 9.53 Å². The molecule has 0 fully saturated rings. The van der Waals surface area contributed by atoms with Gasteiger partial charge in [-0.1, -0.05) is 12.1 Å². The molecule has 57 valence electrons. The lowest BCUT2D eigenvalue weighted by atomic mass is 10.3. The summed E-state index contributed by atoms with van der Waals surface area (Å²) in [6.07, 6.45) is 0.592. The van der Waals surface area contributed by atoms with Gasteiger partial charge >= 0.3 is 0 Å². The first-order valence-electron chi connectivity index (χ1n) is 3.19. The Kier molecular flexibility index (Phi) is 2.99. The van der Waals surface area contributed by atoms with Gasteiger partial charge in [-0.25, -0.2) is 0 Å². The number of ether oxygens (including phenoxy) is 1. The van der Waals surface area contributed by atoms with Crippen molar-refractivity contribution >= 4 is 6.41 Å². The molecule has 0 heterocycles. The van der Waals surface area contributed by atoms with E-state index >= 15 is 0 Å². The molecule has 0 aromatic heterocycles. The van der Waals surface area contributed by atoms with Gasteiger partial charge < -0.3 is 10.1 Å². The van der Waals surface area contributed by atoms with E-state index in [2.05, 4.69) is 11.4 Å². The van der Waals surface area contributed by atoms with E-state index in [1.165, 1.54) is 0 Å². The first kappa shape index (κ1) is 7.60. The quantitative estimate of drug-likeness (QED) is 0.387. The minimum absolute atomic E-state index is 0.202. The molecule has 0 aliphatic heterocycles. The molecule has 0 aliphatic rings. The van der Waals surface area contributed by atoms with Gasteiger partial charge in [0.2, 0.25) is 6.41 Å². The molecule has 0 saturated carbocycles. The lowest BCUT2D eigenvalue weighted by Gasteiger charge is -2.02. The van der Waals surface area contributed by atoms with Crippen LogP contribution in [-0.4, -0.2) is 13.1 Å². The fourth-order valence-corrected chi connectivity index (χ4v) is 0.627. The highest BCUT2D eigenvalue weighted by atomic mass is 16.5. The van der Waals surface area contributed by atoms with E-state index in [1.54, 1.807) is 24.3 Å². The number of amides is 1. The predicted molar refractivity (Wildman–Crippen MR) is 40.0 cm³/mol. The van der Waals surface area contributed by atoms with Gasteiger partial charge in [0.15, 0.2) is 6.73 Å². The van der Waals surface area contributed by atoms with Gasteiger partial charge in [0.05, 0.1) is 0 Å². The van der Waals surface area contributed by atoms with Crippen LogP contribution >= 0.6 is 0 Å². The number of hydrogen-bond acceptors (Lipinski definition) is 2. The van der Waals surface area contributed by atoms with Gasteiger partial charge in [0.25, 0.3) is 0 Å². The number of rotatable bonds is 4. The number of nitrogens with one attached hydrogen (secondary N) is 1. The highest BCUT2D eigenvalue weighted by Crippen LogP contribution is 2.06. The standard InChI is InChI=1S/C8H8NO2/c10-6-9-7-11-8-4-2-1-3-5-8/h2-6H,7H2,(H,9,10). The Morgan fingerprint density at radius 2 is 2.27 bits per heavy atom. The third kappa shape index (κ3) is 2.71. The molecule has 0 bridgehead atoms. The first-order valence-corrected chi connectivity index (χ1v) is 3.19. The summed E-state index contributed by atoms with van der Waals surface area (Å²) in [5.74, 6) is 0.720. The number of hydrogen-bond donors (Lipinski definition) is 1. The summed E-state index contributed by atoms with van der Waals surface area (Å²) in [5, 5.41) is 2.38. The monoisotopic (exact) mass is 150 g/mol. The third-order valence-electron chi connectivity index (χ3n) is 1.09. The van der Waals surface area contributed by atoms with Crippen LogP contribution < -0.4 is 10.1 Å². The fraction of sp³-hybridized carbons (Fsp3) is 0.125. The second-order valence-electron chi connectivity index (χ2n) is 1.85. The van der Waals surface area contributed by atoms with Crippen LogP contribution in [0.2, 0.25) is 0 Å². The Bertz CT molecular complexity index is 211. The third-order valence-corrected chi connectivity index (χ3v) is 1.09. The Balaban J connectivity index is 2.33. The lowest BCUT2D eigenvalue weighted by molar-refractivity contribution is -0.110. The van der Waals surface area contributed by atoms with E-state index in [9.17, 15) is 4.79 Å². The Morgan fingerprint density at radius 1 is 1.55 bits per heavy atom. The van der Waals surface area contributed by atoms with Crippen molar-refractivity contribution in [3.05, 3.63) is 30.3 Å². The van der Waals surface area contributed by atoms with Crippen molar-refractivity contribution in [2.24, 2.45) is 0 Å². The van der Waals surface area contributed by atoms with Crippen LogP contribution in [0.4, 0.5) is 0 Å². The highest BCUT2D eigenvalue weighted by Gasteiger charge is 1.87. The Labute approximate surface area is 65.0 Å². The van der Waals surface area contributed by atoms with Crippen molar-refractivity contribution in [1.29, 1.82) is 0 Å². The zero-order valence-corrected chi connectivity index (χ0v) is 5.91. The summed E-state index contributed by atoms with van der Waals surface area (Å²) in [6.45, 7) is 0.202. The zero-order valence-electron chi connectivity index (χ0n) is 5.91. The lowest BCUT2D eigenvalue weighted by Crippen LogP contribution is -2.17. The molecule has 1 N–H and O–H groups in total. The molecule has 11 heavy (non-hydrogen) atoms. The SMILES string of the molecule is O=CNCOc1cc[c]cc1. The summed E-state index contributed by atoms with van der Waals surface area (Å²) in [4.78, 5) is 9.80. The molecule has 3 nitrogen and oxygen atoms in total. The van der Waals surface area contributed by atoms with Crippen LogP contribution in [0, 0.1) is 6.07 Å². The average molecular weight is 150 g/mol. The zero-order chi connectivity index (χ0) is 7.94. The fourth-order valence-electron chi connectivity index (χ4n) is 0.627. The van der Waals surface area contributed by atoms with E-state index in [4.69, 9.17) is 4.74 Å². The van der Waals surface area contributed by atoms with Gasteiger partial charge in [-0.2, -0.15) is 0 Å². The molecule has 0 saturated heterocycles. The van der Waals surface area contributed by atoms with Crippen molar-refractivity contribution in [3.63, 3.8) is 0 Å². The van der Waals surface area contributed by atoms with E-state index in [1.807, 2.05) is 0 Å². The topological polar surface area (TPSA) is 38.3 Å². The molecule has 1 aromatic carbocycles. The summed E-state index contributed by atoms with van der Waals surface area (Å²) >= 11 is 0. The van der Waals surface area contributed by atoms with E-state index in [0.29, 0.717) is 6.41 Å². The van der Waals surface area contributed by atoms with Crippen LogP contribution in [0.15, 0.2) is 24.3 Å². The van der Waals surface area contributed by atoms with Crippen LogP contribution in [0.5, 0.6) is 5.75 Å². The molecule has 1 radical (unpaired) electrons. The van der Waals surface area contributed by atoms with E-state index in [0.717, 1.165) is 5.75 Å². The van der Waals surface area contributed by atoms with Gasteiger partial charge in [0, 0.05) is 0 Å². The summed E-state index contributed by atoms with van der Waals surface area (Å²) < 4.78 is 5.08. The second-order valence-corrected chi connectivity index (χ2v) is 1.85. The van der Waals surface area contributed by atoms with Crippen molar-refractivity contribution in [3.8, 4) is 5.75 Å². The van der Waals surface area contributed by atoms with E-state index in [-0.39, 0.29) is 6.73 Å². The second kappa shape index (κ2) is 4.33. The summed E-state index contributed by atoms with van der Waals surface area (Å²) in [6, 6.07) is 9.89. The summed E-state index contributed by atoms with van der Waals surface area (Å²) in [7, 11) is 0. The normalized spacial score (nSPS) is 8.73. The minimum Gasteiger partial charge on any atom is -0.473 e. The van der Waals surface area contributed by atoms with Gasteiger partial charge in [-0.3, -0.25) is 4.79 Å². The maximum Gasteiger partial charge on any atom is 0.209 e. The molecule has 0 unspecified atom stereocenters. The molecule has 3 heteroatoms. The first-order chi connectivity index (χ1) is 5.43. The predicted octanol–water partition coefficient (Wildman–Crippen LogP) is 0.569. The highest BCUT2D eigenvalue weighted by molar-refractivity contribution is 5.45. The minimum atomic E-state index is 0.202. The number of carbonyl (C=O) groups excluding carboxylic acids is 1. The molecule has 0 atom stereocenters.